The number of benzene rings is 2. The number of rotatable bonds is 3. The smallest absolute Gasteiger partial charge is 0.259 e. The Bertz CT molecular complexity index is 1260. The van der Waals surface area contributed by atoms with Gasteiger partial charge in [0.1, 0.15) is 6.07 Å². The van der Waals surface area contributed by atoms with Crippen LogP contribution in [-0.2, 0) is 0 Å². The molecule has 2 N–H and O–H groups in total. The Labute approximate surface area is 154 Å². The van der Waals surface area contributed by atoms with Crippen LogP contribution in [0.3, 0.4) is 0 Å². The molecule has 0 fully saturated rings. The van der Waals surface area contributed by atoms with Crippen molar-refractivity contribution in [2.75, 3.05) is 0 Å². The quantitative estimate of drug-likeness (QED) is 0.549. The molecule has 4 aromatic rings. The van der Waals surface area contributed by atoms with Gasteiger partial charge in [0.05, 0.1) is 28.4 Å². The summed E-state index contributed by atoms with van der Waals surface area (Å²) in [6.45, 7) is 1.93. The SMILES string of the molecule is Cc1ccc2c(=O)[nH]c(C(C#N)=Cc3cn[nH]c3-c3ccccc3)nc2c1. The van der Waals surface area contributed by atoms with Crippen LogP contribution in [0, 0.1) is 18.3 Å². The molecule has 0 saturated heterocycles. The minimum absolute atomic E-state index is 0.237. The van der Waals surface area contributed by atoms with Crippen LogP contribution in [0.4, 0.5) is 0 Å². The number of H-pyrrole nitrogens is 2. The van der Waals surface area contributed by atoms with Gasteiger partial charge in [0.2, 0.25) is 0 Å². The molecule has 0 saturated carbocycles. The highest BCUT2D eigenvalue weighted by molar-refractivity contribution is 5.91. The molecule has 0 radical (unpaired) electrons. The van der Waals surface area contributed by atoms with Gasteiger partial charge in [-0.1, -0.05) is 36.4 Å². The largest absolute Gasteiger partial charge is 0.305 e. The number of hydrogen-bond acceptors (Lipinski definition) is 4. The first kappa shape index (κ1) is 16.5. The Morgan fingerprint density at radius 2 is 2.00 bits per heavy atom. The summed E-state index contributed by atoms with van der Waals surface area (Å²) in [6, 6.07) is 17.3. The number of allylic oxidation sites excluding steroid dienone is 1. The molecule has 0 aliphatic rings. The fourth-order valence-electron chi connectivity index (χ4n) is 2.93. The van der Waals surface area contributed by atoms with Gasteiger partial charge >= 0.3 is 0 Å². The molecule has 0 atom stereocenters. The number of nitriles is 1. The Hall–Kier alpha value is -3.98. The standard InChI is InChI=1S/C21H15N5O/c1-13-7-8-17-18(9-13)24-20(25-21(17)27)15(11-22)10-16-12-23-26-19(16)14-5-3-2-4-6-14/h2-10,12H,1H3,(H,23,26)(H,24,25,27). The van der Waals surface area contributed by atoms with Crippen molar-refractivity contribution in [3.8, 4) is 17.3 Å². The second kappa shape index (κ2) is 6.73. The van der Waals surface area contributed by atoms with Crippen LogP contribution in [-0.4, -0.2) is 20.2 Å². The Kier molecular flexibility index (Phi) is 4.11. The molecular formula is C21H15N5O. The van der Waals surface area contributed by atoms with E-state index >= 15 is 0 Å². The molecule has 130 valence electrons. The fourth-order valence-corrected chi connectivity index (χ4v) is 2.93. The van der Waals surface area contributed by atoms with Crippen LogP contribution in [0.2, 0.25) is 0 Å². The first-order valence-electron chi connectivity index (χ1n) is 8.37. The van der Waals surface area contributed by atoms with Gasteiger partial charge in [0.25, 0.3) is 5.56 Å². The summed E-state index contributed by atoms with van der Waals surface area (Å²) >= 11 is 0. The van der Waals surface area contributed by atoms with Crippen molar-refractivity contribution in [2.24, 2.45) is 0 Å². The van der Waals surface area contributed by atoms with Gasteiger partial charge in [-0.3, -0.25) is 9.89 Å². The van der Waals surface area contributed by atoms with Crippen molar-refractivity contribution in [3.63, 3.8) is 0 Å². The third kappa shape index (κ3) is 3.14. The van der Waals surface area contributed by atoms with Crippen LogP contribution in [0.1, 0.15) is 17.0 Å². The molecule has 4 rings (SSSR count). The second-order valence-corrected chi connectivity index (χ2v) is 6.17. The van der Waals surface area contributed by atoms with E-state index < -0.39 is 0 Å². The lowest BCUT2D eigenvalue weighted by Gasteiger charge is -2.04. The predicted octanol–water partition coefficient (Wildman–Crippen LogP) is 3.69. The highest BCUT2D eigenvalue weighted by atomic mass is 16.1. The van der Waals surface area contributed by atoms with Crippen LogP contribution in [0.25, 0.3) is 33.8 Å². The number of aryl methyl sites for hydroxylation is 1. The van der Waals surface area contributed by atoms with Gasteiger partial charge in [-0.2, -0.15) is 10.4 Å². The van der Waals surface area contributed by atoms with Gasteiger partial charge in [0, 0.05) is 11.1 Å². The summed E-state index contributed by atoms with van der Waals surface area (Å²) in [5, 5.41) is 17.2. The Balaban J connectivity index is 1.85. The predicted molar refractivity (Wildman–Crippen MR) is 105 cm³/mol. The summed E-state index contributed by atoms with van der Waals surface area (Å²) in [5.74, 6) is 0.237. The highest BCUT2D eigenvalue weighted by Crippen LogP contribution is 2.24. The van der Waals surface area contributed by atoms with E-state index in [0.29, 0.717) is 10.9 Å². The highest BCUT2D eigenvalue weighted by Gasteiger charge is 2.11. The molecule has 6 nitrogen and oxygen atoms in total. The molecule has 2 heterocycles. The molecule has 0 bridgehead atoms. The van der Waals surface area contributed by atoms with Crippen LogP contribution >= 0.6 is 0 Å². The minimum atomic E-state index is -0.272. The van der Waals surface area contributed by atoms with E-state index in [1.807, 2.05) is 49.4 Å². The molecule has 0 aliphatic carbocycles. The summed E-state index contributed by atoms with van der Waals surface area (Å²) in [7, 11) is 0. The fraction of sp³-hybridized carbons (Fsp3) is 0.0476. The number of fused-ring (bicyclic) bond motifs is 1. The third-order valence-corrected chi connectivity index (χ3v) is 4.27. The summed E-state index contributed by atoms with van der Waals surface area (Å²) in [5.41, 5.74) is 4.03. The number of nitrogens with one attached hydrogen (secondary N) is 2. The summed E-state index contributed by atoms with van der Waals surface area (Å²) in [6.07, 6.45) is 3.31. The monoisotopic (exact) mass is 353 g/mol. The molecule has 0 amide bonds. The first-order valence-corrected chi connectivity index (χ1v) is 8.37. The van der Waals surface area contributed by atoms with Crippen LogP contribution in [0.5, 0.6) is 0 Å². The van der Waals surface area contributed by atoms with Gasteiger partial charge < -0.3 is 4.98 Å². The molecule has 0 aliphatic heterocycles. The molecule has 27 heavy (non-hydrogen) atoms. The number of aromatic amines is 2. The zero-order chi connectivity index (χ0) is 18.8. The lowest BCUT2D eigenvalue weighted by Crippen LogP contribution is -2.11. The maximum absolute atomic E-state index is 12.4. The maximum atomic E-state index is 12.4. The number of aromatic nitrogens is 4. The average molecular weight is 353 g/mol. The van der Waals surface area contributed by atoms with Crippen molar-refractivity contribution < 1.29 is 0 Å². The first-order chi connectivity index (χ1) is 13.2. The lowest BCUT2D eigenvalue weighted by molar-refractivity contribution is 1.10. The molecule has 2 aromatic carbocycles. The van der Waals surface area contributed by atoms with Crippen molar-refractivity contribution in [2.45, 2.75) is 6.92 Å². The maximum Gasteiger partial charge on any atom is 0.259 e. The minimum Gasteiger partial charge on any atom is -0.305 e. The molecule has 0 spiro atoms. The van der Waals surface area contributed by atoms with Crippen molar-refractivity contribution in [1.82, 2.24) is 20.2 Å². The molecule has 2 aromatic heterocycles. The molecule has 0 unspecified atom stereocenters. The zero-order valence-electron chi connectivity index (χ0n) is 14.5. The summed E-state index contributed by atoms with van der Waals surface area (Å²) in [4.78, 5) is 19.5. The second-order valence-electron chi connectivity index (χ2n) is 6.17. The summed E-state index contributed by atoms with van der Waals surface area (Å²) < 4.78 is 0. The van der Waals surface area contributed by atoms with E-state index in [4.69, 9.17) is 0 Å². The van der Waals surface area contributed by atoms with Crippen molar-refractivity contribution in [3.05, 3.63) is 82.0 Å². The number of nitrogens with zero attached hydrogens (tertiary/aromatic N) is 3. The van der Waals surface area contributed by atoms with Crippen LogP contribution in [0.15, 0.2) is 59.5 Å². The van der Waals surface area contributed by atoms with Gasteiger partial charge in [0.15, 0.2) is 5.82 Å². The van der Waals surface area contributed by atoms with E-state index in [-0.39, 0.29) is 17.0 Å². The Morgan fingerprint density at radius 1 is 1.19 bits per heavy atom. The Morgan fingerprint density at radius 3 is 2.78 bits per heavy atom. The van der Waals surface area contributed by atoms with E-state index in [9.17, 15) is 10.1 Å². The lowest BCUT2D eigenvalue weighted by atomic mass is 10.1. The van der Waals surface area contributed by atoms with Gasteiger partial charge in [-0.05, 0) is 30.7 Å². The van der Waals surface area contributed by atoms with Crippen molar-refractivity contribution >= 4 is 22.6 Å². The average Bonchev–Trinajstić information content (AvgIpc) is 3.14. The third-order valence-electron chi connectivity index (χ3n) is 4.27. The van der Waals surface area contributed by atoms with Crippen LogP contribution < -0.4 is 5.56 Å². The number of hydrogen-bond donors (Lipinski definition) is 2. The molecular weight excluding hydrogens is 338 g/mol. The van der Waals surface area contributed by atoms with Gasteiger partial charge in [-0.15, -0.1) is 0 Å². The van der Waals surface area contributed by atoms with E-state index in [0.717, 1.165) is 22.4 Å². The van der Waals surface area contributed by atoms with Gasteiger partial charge in [-0.25, -0.2) is 4.98 Å². The zero-order valence-corrected chi connectivity index (χ0v) is 14.5. The topological polar surface area (TPSA) is 98.2 Å². The van der Waals surface area contributed by atoms with E-state index in [2.05, 4.69) is 26.2 Å². The van der Waals surface area contributed by atoms with E-state index in [1.165, 1.54) is 0 Å². The normalized spacial score (nSPS) is 11.5. The van der Waals surface area contributed by atoms with Crippen molar-refractivity contribution in [1.29, 1.82) is 5.26 Å². The molecule has 6 heteroatoms. The van der Waals surface area contributed by atoms with E-state index in [1.54, 1.807) is 18.3 Å².